The highest BCUT2D eigenvalue weighted by Gasteiger charge is 1.97. The first kappa shape index (κ1) is 12.4. The number of aliphatic imine (C=N–C) groups is 1. The molecule has 0 aromatic heterocycles. The van der Waals surface area contributed by atoms with Crippen molar-refractivity contribution >= 4 is 11.6 Å². The third-order valence-corrected chi connectivity index (χ3v) is 2.03. The monoisotopic (exact) mass is 224 g/mol. The lowest BCUT2D eigenvalue weighted by Crippen LogP contribution is -2.36. The number of hydrazine groups is 1. The van der Waals surface area contributed by atoms with Crippen LogP contribution in [-0.4, -0.2) is 12.5 Å². The maximum atomic E-state index is 12.7. The average Bonchev–Trinajstić information content (AvgIpc) is 2.31. The zero-order valence-corrected chi connectivity index (χ0v) is 9.33. The number of rotatable bonds is 4. The molecule has 0 fully saturated rings. The van der Waals surface area contributed by atoms with Crippen LogP contribution < -0.4 is 16.6 Å². The first-order chi connectivity index (χ1) is 7.76. The van der Waals surface area contributed by atoms with Crippen LogP contribution in [0, 0.1) is 5.82 Å². The van der Waals surface area contributed by atoms with Crippen molar-refractivity contribution in [1.29, 1.82) is 0 Å². The fraction of sp³-hybridized carbons (Fsp3) is 0.364. The molecular formula is C11H17FN4. The lowest BCUT2D eigenvalue weighted by molar-refractivity contribution is 0.628. The quantitative estimate of drug-likeness (QED) is 0.240. The molecule has 4 nitrogen and oxygen atoms in total. The smallest absolute Gasteiger partial charge is 0.210 e. The van der Waals surface area contributed by atoms with Gasteiger partial charge >= 0.3 is 0 Å². The van der Waals surface area contributed by atoms with Crippen molar-refractivity contribution in [3.05, 3.63) is 30.1 Å². The van der Waals surface area contributed by atoms with E-state index < -0.39 is 0 Å². The van der Waals surface area contributed by atoms with E-state index in [0.29, 0.717) is 12.5 Å². The van der Waals surface area contributed by atoms with Crippen molar-refractivity contribution in [3.8, 4) is 0 Å². The maximum Gasteiger partial charge on any atom is 0.210 e. The molecule has 0 amide bonds. The minimum absolute atomic E-state index is 0.268. The fourth-order valence-corrected chi connectivity index (χ4v) is 1.14. The van der Waals surface area contributed by atoms with Crippen molar-refractivity contribution in [1.82, 2.24) is 5.43 Å². The van der Waals surface area contributed by atoms with Gasteiger partial charge in [0, 0.05) is 12.2 Å². The van der Waals surface area contributed by atoms with Gasteiger partial charge in [0.2, 0.25) is 5.96 Å². The Kier molecular flexibility index (Phi) is 5.28. The molecule has 1 rings (SSSR count). The normalized spacial score (nSPS) is 11.3. The van der Waals surface area contributed by atoms with E-state index in [4.69, 9.17) is 5.84 Å². The number of nitrogens with two attached hydrogens (primary N) is 1. The van der Waals surface area contributed by atoms with Gasteiger partial charge in [0.25, 0.3) is 0 Å². The molecule has 5 heteroatoms. The van der Waals surface area contributed by atoms with Crippen molar-refractivity contribution in [2.75, 3.05) is 11.9 Å². The van der Waals surface area contributed by atoms with E-state index >= 15 is 0 Å². The second-order valence-corrected chi connectivity index (χ2v) is 3.36. The summed E-state index contributed by atoms with van der Waals surface area (Å²) in [6.45, 7) is 2.81. The van der Waals surface area contributed by atoms with Crippen LogP contribution in [0.1, 0.15) is 19.8 Å². The molecule has 88 valence electrons. The molecule has 0 bridgehead atoms. The van der Waals surface area contributed by atoms with E-state index in [1.807, 2.05) is 0 Å². The van der Waals surface area contributed by atoms with Crippen LogP contribution in [0.5, 0.6) is 0 Å². The predicted molar refractivity (Wildman–Crippen MR) is 64.6 cm³/mol. The third-order valence-electron chi connectivity index (χ3n) is 2.03. The standard InChI is InChI=1S/C11H17FN4/c1-2-3-8-14-11(16-13)15-10-6-4-9(12)5-7-10/h4-7H,2-3,8,13H2,1H3,(H2,14,15,16). The van der Waals surface area contributed by atoms with Crippen molar-refractivity contribution in [3.63, 3.8) is 0 Å². The third kappa shape index (κ3) is 4.27. The number of nitrogens with zero attached hydrogens (tertiary/aromatic N) is 1. The topological polar surface area (TPSA) is 62.4 Å². The fourth-order valence-electron chi connectivity index (χ4n) is 1.14. The number of benzene rings is 1. The summed E-state index contributed by atoms with van der Waals surface area (Å²) in [5.41, 5.74) is 3.21. The predicted octanol–water partition coefficient (Wildman–Crippen LogP) is 1.86. The molecule has 0 radical (unpaired) electrons. The molecule has 0 spiro atoms. The highest BCUT2D eigenvalue weighted by Crippen LogP contribution is 2.07. The van der Waals surface area contributed by atoms with Gasteiger partial charge in [-0.15, -0.1) is 0 Å². The summed E-state index contributed by atoms with van der Waals surface area (Å²) in [5, 5.41) is 2.96. The second-order valence-electron chi connectivity index (χ2n) is 3.36. The van der Waals surface area contributed by atoms with E-state index in [1.165, 1.54) is 12.1 Å². The van der Waals surface area contributed by atoms with Crippen LogP contribution in [0.2, 0.25) is 0 Å². The van der Waals surface area contributed by atoms with E-state index in [-0.39, 0.29) is 5.82 Å². The van der Waals surface area contributed by atoms with Crippen molar-refractivity contribution < 1.29 is 4.39 Å². The number of unbranched alkanes of at least 4 members (excludes halogenated alkanes) is 1. The number of nitrogens with one attached hydrogen (secondary N) is 2. The lowest BCUT2D eigenvalue weighted by atomic mass is 10.3. The summed E-state index contributed by atoms with van der Waals surface area (Å²) in [6.07, 6.45) is 2.09. The summed E-state index contributed by atoms with van der Waals surface area (Å²) < 4.78 is 12.7. The maximum absolute atomic E-state index is 12.7. The van der Waals surface area contributed by atoms with E-state index in [2.05, 4.69) is 22.7 Å². The van der Waals surface area contributed by atoms with Gasteiger partial charge in [-0.2, -0.15) is 0 Å². The highest BCUT2D eigenvalue weighted by atomic mass is 19.1. The van der Waals surface area contributed by atoms with Crippen LogP contribution in [0.15, 0.2) is 29.3 Å². The Labute approximate surface area is 94.7 Å². The molecule has 0 saturated carbocycles. The molecular weight excluding hydrogens is 207 g/mol. The number of halogens is 1. The van der Waals surface area contributed by atoms with Crippen LogP contribution in [0.3, 0.4) is 0 Å². The van der Waals surface area contributed by atoms with Gasteiger partial charge in [0.1, 0.15) is 5.82 Å². The van der Waals surface area contributed by atoms with Crippen LogP contribution in [0.4, 0.5) is 10.1 Å². The Hall–Kier alpha value is -1.62. The first-order valence-electron chi connectivity index (χ1n) is 5.30. The summed E-state index contributed by atoms with van der Waals surface area (Å²) in [4.78, 5) is 4.23. The van der Waals surface area contributed by atoms with Crippen molar-refractivity contribution in [2.24, 2.45) is 10.8 Å². The molecule has 0 atom stereocenters. The van der Waals surface area contributed by atoms with Crippen LogP contribution in [0.25, 0.3) is 0 Å². The molecule has 0 saturated heterocycles. The van der Waals surface area contributed by atoms with Gasteiger partial charge in [0.05, 0.1) is 0 Å². The Morgan fingerprint density at radius 2 is 2.06 bits per heavy atom. The summed E-state index contributed by atoms with van der Waals surface area (Å²) in [5.74, 6) is 5.53. The molecule has 16 heavy (non-hydrogen) atoms. The lowest BCUT2D eigenvalue weighted by Gasteiger charge is -2.08. The van der Waals surface area contributed by atoms with Gasteiger partial charge in [-0.3, -0.25) is 10.4 Å². The number of anilines is 1. The Bertz CT molecular complexity index is 334. The van der Waals surface area contributed by atoms with Crippen molar-refractivity contribution in [2.45, 2.75) is 19.8 Å². The summed E-state index contributed by atoms with van der Waals surface area (Å²) >= 11 is 0. The van der Waals surface area contributed by atoms with E-state index in [0.717, 1.165) is 18.5 Å². The molecule has 4 N–H and O–H groups in total. The van der Waals surface area contributed by atoms with Gasteiger partial charge in [-0.1, -0.05) is 13.3 Å². The minimum Gasteiger partial charge on any atom is -0.325 e. The van der Waals surface area contributed by atoms with Crippen LogP contribution in [-0.2, 0) is 0 Å². The zero-order chi connectivity index (χ0) is 11.8. The molecule has 0 heterocycles. The van der Waals surface area contributed by atoms with Crippen LogP contribution >= 0.6 is 0 Å². The molecule has 1 aromatic rings. The largest absolute Gasteiger partial charge is 0.325 e. The van der Waals surface area contributed by atoms with Gasteiger partial charge in [-0.25, -0.2) is 10.2 Å². The number of hydrogen-bond donors (Lipinski definition) is 3. The Balaban J connectivity index is 2.55. The summed E-state index contributed by atoms with van der Waals surface area (Å²) in [6, 6.07) is 6.01. The molecule has 0 aliphatic rings. The molecule has 0 unspecified atom stereocenters. The second kappa shape index (κ2) is 6.79. The molecule has 1 aromatic carbocycles. The first-order valence-corrected chi connectivity index (χ1v) is 5.30. The zero-order valence-electron chi connectivity index (χ0n) is 9.33. The van der Waals surface area contributed by atoms with Gasteiger partial charge < -0.3 is 5.32 Å². The number of guanidine groups is 1. The molecule has 0 aliphatic carbocycles. The van der Waals surface area contributed by atoms with Gasteiger partial charge in [0.15, 0.2) is 0 Å². The van der Waals surface area contributed by atoms with E-state index in [1.54, 1.807) is 12.1 Å². The van der Waals surface area contributed by atoms with E-state index in [9.17, 15) is 4.39 Å². The SMILES string of the molecule is CCCCN=C(NN)Nc1ccc(F)cc1. The number of hydrogen-bond acceptors (Lipinski definition) is 2. The van der Waals surface area contributed by atoms with Gasteiger partial charge in [-0.05, 0) is 30.7 Å². The Morgan fingerprint density at radius 3 is 2.62 bits per heavy atom. The summed E-state index contributed by atoms with van der Waals surface area (Å²) in [7, 11) is 0. The Morgan fingerprint density at radius 1 is 1.38 bits per heavy atom. The highest BCUT2D eigenvalue weighted by molar-refractivity contribution is 5.93. The molecule has 0 aliphatic heterocycles. The average molecular weight is 224 g/mol. The minimum atomic E-state index is -0.268.